The summed E-state index contributed by atoms with van der Waals surface area (Å²) in [7, 11) is 0. The number of hydrogen-bond acceptors (Lipinski definition) is 5. The number of nitrogens with zero attached hydrogens (tertiary/aromatic N) is 1. The van der Waals surface area contributed by atoms with Gasteiger partial charge in [-0.1, -0.05) is 36.4 Å². The summed E-state index contributed by atoms with van der Waals surface area (Å²) in [5.41, 5.74) is 2.42. The van der Waals surface area contributed by atoms with E-state index in [1.54, 1.807) is 6.07 Å². The van der Waals surface area contributed by atoms with Crippen molar-refractivity contribution in [2.45, 2.75) is 75.5 Å². The van der Waals surface area contributed by atoms with E-state index >= 15 is 0 Å². The molecule has 6 rings (SSSR count). The first-order valence-corrected chi connectivity index (χ1v) is 13.2. The van der Waals surface area contributed by atoms with Crippen molar-refractivity contribution < 1.29 is 24.0 Å². The Kier molecular flexibility index (Phi) is 5.66. The molecular weight excluding hydrogens is 442 g/mol. The van der Waals surface area contributed by atoms with Crippen LogP contribution < -0.4 is 4.74 Å². The molecule has 4 aliphatic rings. The molecule has 186 valence electrons. The van der Waals surface area contributed by atoms with E-state index in [9.17, 15) is 15.1 Å². The Morgan fingerprint density at radius 3 is 2.74 bits per heavy atom. The van der Waals surface area contributed by atoms with Crippen LogP contribution in [0.2, 0.25) is 0 Å². The zero-order chi connectivity index (χ0) is 24.2. The Morgan fingerprint density at radius 1 is 1.20 bits per heavy atom. The van der Waals surface area contributed by atoms with Crippen molar-refractivity contribution in [1.29, 1.82) is 0 Å². The molecule has 2 aromatic rings. The van der Waals surface area contributed by atoms with Crippen LogP contribution >= 0.6 is 0 Å². The normalized spacial score (nSPS) is 30.5. The molecule has 3 aliphatic carbocycles. The molecule has 35 heavy (non-hydrogen) atoms. The number of aromatic hydroxyl groups is 1. The molecule has 1 aliphatic heterocycles. The molecule has 2 aromatic carbocycles. The van der Waals surface area contributed by atoms with Crippen LogP contribution in [0.3, 0.4) is 0 Å². The van der Waals surface area contributed by atoms with Gasteiger partial charge in [0, 0.05) is 30.9 Å². The van der Waals surface area contributed by atoms with Gasteiger partial charge in [0.05, 0.1) is 19.0 Å². The quantitative estimate of drug-likeness (QED) is 0.323. The van der Waals surface area contributed by atoms with E-state index in [2.05, 4.69) is 12.1 Å². The number of Topliss-reactive ketones (excluding diaryl/α,β-unsaturated/α-hetero) is 1. The summed E-state index contributed by atoms with van der Waals surface area (Å²) < 4.78 is 12.7. The van der Waals surface area contributed by atoms with Crippen molar-refractivity contribution in [3.8, 4) is 11.5 Å². The Labute approximate surface area is 207 Å². The second-order valence-corrected chi connectivity index (χ2v) is 11.0. The summed E-state index contributed by atoms with van der Waals surface area (Å²) in [5.74, 6) is 0.682. The Morgan fingerprint density at radius 2 is 2.00 bits per heavy atom. The number of quaternary nitrogens is 1. The lowest BCUT2D eigenvalue weighted by Crippen LogP contribution is -2.70. The molecule has 6 heteroatoms. The largest absolute Gasteiger partial charge is 0.633 e. The zero-order valence-electron chi connectivity index (χ0n) is 20.4. The molecule has 5 atom stereocenters. The van der Waals surface area contributed by atoms with Gasteiger partial charge in [-0.15, -0.1) is 0 Å². The van der Waals surface area contributed by atoms with Gasteiger partial charge in [0.1, 0.15) is 11.6 Å². The highest BCUT2D eigenvalue weighted by Crippen LogP contribution is 2.60. The van der Waals surface area contributed by atoms with Gasteiger partial charge in [-0.3, -0.25) is 4.79 Å². The number of aryl methyl sites for hydroxylation is 1. The molecule has 1 heterocycles. The van der Waals surface area contributed by atoms with Crippen LogP contribution in [0.5, 0.6) is 11.5 Å². The average Bonchev–Trinajstić information content (AvgIpc) is 3.58. The van der Waals surface area contributed by atoms with Crippen LogP contribution in [0, 0.1) is 11.1 Å². The third kappa shape index (κ3) is 3.78. The van der Waals surface area contributed by atoms with Crippen molar-refractivity contribution in [2.75, 3.05) is 19.7 Å². The highest BCUT2D eigenvalue weighted by atomic mass is 16.6. The summed E-state index contributed by atoms with van der Waals surface area (Å²) in [5, 5.41) is 25.1. The fourth-order valence-corrected chi connectivity index (χ4v) is 6.96. The minimum Gasteiger partial charge on any atom is -0.633 e. The number of hydroxylamine groups is 3. The van der Waals surface area contributed by atoms with Crippen LogP contribution in [0.4, 0.5) is 0 Å². The van der Waals surface area contributed by atoms with Gasteiger partial charge in [0.25, 0.3) is 0 Å². The van der Waals surface area contributed by atoms with Crippen molar-refractivity contribution in [3.63, 3.8) is 0 Å². The molecule has 0 saturated heterocycles. The maximum absolute atomic E-state index is 14.6. The molecule has 6 nitrogen and oxygen atoms in total. The third-order valence-electron chi connectivity index (χ3n) is 8.90. The fraction of sp³-hybridized carbons (Fsp3) is 0.552. The summed E-state index contributed by atoms with van der Waals surface area (Å²) in [6.07, 6.45) is 4.78. The monoisotopic (exact) mass is 477 g/mol. The van der Waals surface area contributed by atoms with E-state index in [0.29, 0.717) is 50.6 Å². The summed E-state index contributed by atoms with van der Waals surface area (Å²) in [6, 6.07) is 13.6. The van der Waals surface area contributed by atoms with Crippen molar-refractivity contribution in [1.82, 2.24) is 0 Å². The average molecular weight is 478 g/mol. The lowest BCUT2D eigenvalue weighted by molar-refractivity contribution is -0.914. The number of hydrogen-bond donors (Lipinski definition) is 1. The van der Waals surface area contributed by atoms with Gasteiger partial charge in [0.15, 0.2) is 23.4 Å². The lowest BCUT2D eigenvalue weighted by Gasteiger charge is -2.60. The van der Waals surface area contributed by atoms with Crippen molar-refractivity contribution in [3.05, 3.63) is 64.4 Å². The molecule has 1 N–H and O–H groups in total. The molecule has 0 spiro atoms. The molecule has 0 radical (unpaired) electrons. The van der Waals surface area contributed by atoms with E-state index < -0.39 is 11.7 Å². The molecule has 2 unspecified atom stereocenters. The maximum atomic E-state index is 14.6. The first kappa shape index (κ1) is 23.0. The van der Waals surface area contributed by atoms with E-state index in [1.807, 2.05) is 31.2 Å². The Bertz CT molecular complexity index is 1120. The summed E-state index contributed by atoms with van der Waals surface area (Å²) in [6.45, 7) is 3.62. The fourth-order valence-electron chi connectivity index (χ4n) is 6.96. The number of phenolic OH excluding ortho intramolecular Hbond substituents is 1. The first-order chi connectivity index (χ1) is 16.9. The molecule has 0 amide bonds. The predicted molar refractivity (Wildman–Crippen MR) is 132 cm³/mol. The predicted octanol–water partition coefficient (Wildman–Crippen LogP) is 4.66. The molecule has 2 fully saturated rings. The first-order valence-electron chi connectivity index (χ1n) is 13.2. The van der Waals surface area contributed by atoms with Crippen molar-refractivity contribution in [2.24, 2.45) is 5.92 Å². The minimum atomic E-state index is -0.770. The van der Waals surface area contributed by atoms with Crippen LogP contribution in [0.15, 0.2) is 42.5 Å². The van der Waals surface area contributed by atoms with Gasteiger partial charge < -0.3 is 24.4 Å². The number of likely N-dealkylation sites (N-methyl/N-ethyl adjacent to an activating group) is 1. The molecule has 2 saturated carbocycles. The van der Waals surface area contributed by atoms with Crippen LogP contribution in [0.25, 0.3) is 0 Å². The summed E-state index contributed by atoms with van der Waals surface area (Å²) >= 11 is 0. The van der Waals surface area contributed by atoms with E-state index in [-0.39, 0.29) is 28.1 Å². The number of benzene rings is 2. The lowest BCUT2D eigenvalue weighted by atomic mass is 9.61. The number of carbonyl (C=O) groups excluding carboxylic acids is 1. The van der Waals surface area contributed by atoms with Gasteiger partial charge in [-0.05, 0) is 56.2 Å². The second-order valence-electron chi connectivity index (χ2n) is 11.0. The topological polar surface area (TPSA) is 78.8 Å². The van der Waals surface area contributed by atoms with E-state index in [1.165, 1.54) is 5.56 Å². The number of rotatable bonds is 9. The van der Waals surface area contributed by atoms with Crippen molar-refractivity contribution >= 4 is 5.78 Å². The standard InChI is InChI=1S/C29H35NO5/c1-2-30(33,18-20-10-11-20)24-17-21-12-13-22(31)27-25(21)26-28(35-27)23(32)14-15-29(24,26)34-16-6-9-19-7-4-3-5-8-19/h3-5,7-8,12-13,20,24,26,28,31H,2,6,9-11,14-18H2,1H3/t24-,26?,28+,29-,30?/m1/s1. The Hall–Kier alpha value is -2.41. The number of carbonyl (C=O) groups is 1. The van der Waals surface area contributed by atoms with E-state index in [4.69, 9.17) is 9.47 Å². The summed E-state index contributed by atoms with van der Waals surface area (Å²) in [4.78, 5) is 13.1. The van der Waals surface area contributed by atoms with Crippen LogP contribution in [-0.2, 0) is 22.4 Å². The molecule has 0 bridgehead atoms. The number of ether oxygens (including phenoxy) is 2. The smallest absolute Gasteiger partial charge is 0.174 e. The second kappa shape index (κ2) is 8.61. The SMILES string of the molecule is CC[N+]([O-])(CC1CC1)[C@@H]1Cc2ccc(O)c3c2C2[C@@H](O3)C(=O)CC[C@]21OCCCc1ccccc1. The van der Waals surface area contributed by atoms with Gasteiger partial charge in [-0.2, -0.15) is 0 Å². The number of phenols is 1. The van der Waals surface area contributed by atoms with Gasteiger partial charge >= 0.3 is 0 Å². The molecule has 0 aromatic heterocycles. The van der Waals surface area contributed by atoms with Gasteiger partial charge in [0.2, 0.25) is 0 Å². The van der Waals surface area contributed by atoms with E-state index in [0.717, 1.165) is 36.8 Å². The number of ketones is 1. The maximum Gasteiger partial charge on any atom is 0.174 e. The zero-order valence-corrected chi connectivity index (χ0v) is 20.4. The highest BCUT2D eigenvalue weighted by molar-refractivity contribution is 5.88. The van der Waals surface area contributed by atoms with Crippen LogP contribution in [-0.4, -0.2) is 53.0 Å². The minimum absolute atomic E-state index is 0.0448. The van der Waals surface area contributed by atoms with Crippen LogP contribution in [0.1, 0.15) is 61.6 Å². The Balaban J connectivity index is 1.38. The highest BCUT2D eigenvalue weighted by Gasteiger charge is 2.66. The third-order valence-corrected chi connectivity index (χ3v) is 8.90. The molecular formula is C29H35NO5. The van der Waals surface area contributed by atoms with Gasteiger partial charge in [-0.25, -0.2) is 0 Å².